The average molecular weight is 355 g/mol. The van der Waals surface area contributed by atoms with Crippen LogP contribution in [0.3, 0.4) is 0 Å². The van der Waals surface area contributed by atoms with E-state index >= 15 is 0 Å². The lowest BCUT2D eigenvalue weighted by Gasteiger charge is -2.16. The Morgan fingerprint density at radius 2 is 1.89 bits per heavy atom. The maximum absolute atomic E-state index is 6.28. The summed E-state index contributed by atoms with van der Waals surface area (Å²) in [7, 11) is 0. The number of rotatable bonds is 5. The van der Waals surface area contributed by atoms with Gasteiger partial charge >= 0.3 is 0 Å². The molecule has 0 aromatic carbocycles. The van der Waals surface area contributed by atoms with Gasteiger partial charge in [0.25, 0.3) is 0 Å². The van der Waals surface area contributed by atoms with E-state index in [4.69, 9.17) is 34.8 Å². The summed E-state index contributed by atoms with van der Waals surface area (Å²) in [5.74, 6) is 0. The van der Waals surface area contributed by atoms with E-state index in [1.165, 1.54) is 16.2 Å². The minimum atomic E-state index is 0.0624. The molecule has 1 N–H and O–H groups in total. The van der Waals surface area contributed by atoms with Crippen molar-refractivity contribution in [3.8, 4) is 0 Å². The summed E-state index contributed by atoms with van der Waals surface area (Å²) in [5, 5.41) is 3.51. The van der Waals surface area contributed by atoms with Crippen LogP contribution >= 0.6 is 57.5 Å². The first-order valence-corrected chi connectivity index (χ1v) is 8.73. The highest BCUT2D eigenvalue weighted by Gasteiger charge is 2.21. The lowest BCUT2D eigenvalue weighted by molar-refractivity contribution is 0.607. The van der Waals surface area contributed by atoms with E-state index in [1.54, 1.807) is 11.3 Å². The van der Waals surface area contributed by atoms with Crippen LogP contribution in [0.2, 0.25) is 13.0 Å². The van der Waals surface area contributed by atoms with Crippen molar-refractivity contribution in [2.24, 2.45) is 0 Å². The molecule has 104 valence electrons. The van der Waals surface area contributed by atoms with Gasteiger partial charge in [0, 0.05) is 10.4 Å². The van der Waals surface area contributed by atoms with Gasteiger partial charge in [0.2, 0.25) is 0 Å². The molecule has 1 unspecified atom stereocenters. The monoisotopic (exact) mass is 353 g/mol. The summed E-state index contributed by atoms with van der Waals surface area (Å²) in [6.45, 7) is 5.07. The van der Waals surface area contributed by atoms with Crippen LogP contribution in [-0.4, -0.2) is 6.54 Å². The molecule has 2 aromatic rings. The zero-order chi connectivity index (χ0) is 14.0. The van der Waals surface area contributed by atoms with Crippen molar-refractivity contribution in [1.29, 1.82) is 0 Å². The van der Waals surface area contributed by atoms with E-state index in [0.717, 1.165) is 32.8 Å². The van der Waals surface area contributed by atoms with E-state index in [1.807, 2.05) is 13.0 Å². The van der Waals surface area contributed by atoms with E-state index in [2.05, 4.69) is 18.3 Å². The standard InChI is InChI=1S/C13H14Cl3NS2/c1-3-4-17-11(8-6-10(14)19-13(8)16)9-5-7(2)12(15)18-9/h5-6,11,17H,3-4H2,1-2H3. The molecule has 0 saturated carbocycles. The van der Waals surface area contributed by atoms with Crippen molar-refractivity contribution in [1.82, 2.24) is 5.32 Å². The first kappa shape index (κ1) is 15.6. The number of thiophene rings is 2. The highest BCUT2D eigenvalue weighted by molar-refractivity contribution is 7.20. The quantitative estimate of drug-likeness (QED) is 0.677. The second-order valence-electron chi connectivity index (χ2n) is 4.27. The predicted molar refractivity (Wildman–Crippen MR) is 88.5 cm³/mol. The average Bonchev–Trinajstić information content (AvgIpc) is 2.84. The summed E-state index contributed by atoms with van der Waals surface area (Å²) >= 11 is 21.5. The Morgan fingerprint density at radius 1 is 1.16 bits per heavy atom. The van der Waals surface area contributed by atoms with Crippen molar-refractivity contribution in [2.45, 2.75) is 26.3 Å². The fraction of sp³-hybridized carbons (Fsp3) is 0.385. The van der Waals surface area contributed by atoms with Gasteiger partial charge in [-0.1, -0.05) is 41.7 Å². The predicted octanol–water partition coefficient (Wildman–Crippen LogP) is 6.17. The molecule has 19 heavy (non-hydrogen) atoms. The van der Waals surface area contributed by atoms with Crippen LogP contribution in [0, 0.1) is 6.92 Å². The van der Waals surface area contributed by atoms with E-state index in [9.17, 15) is 0 Å². The molecule has 0 aliphatic heterocycles. The molecule has 0 radical (unpaired) electrons. The first-order valence-electron chi connectivity index (χ1n) is 5.96. The summed E-state index contributed by atoms with van der Waals surface area (Å²) < 4.78 is 2.28. The lowest BCUT2D eigenvalue weighted by Crippen LogP contribution is -2.22. The minimum Gasteiger partial charge on any atom is -0.306 e. The molecule has 0 fully saturated rings. The molecule has 0 saturated heterocycles. The fourth-order valence-electron chi connectivity index (χ4n) is 1.83. The molecule has 1 atom stereocenters. The van der Waals surface area contributed by atoms with Crippen molar-refractivity contribution in [2.75, 3.05) is 6.54 Å². The van der Waals surface area contributed by atoms with Gasteiger partial charge in [-0.25, -0.2) is 0 Å². The fourth-order valence-corrected chi connectivity index (χ4v) is 4.67. The Balaban J connectivity index is 2.38. The summed E-state index contributed by atoms with van der Waals surface area (Å²) in [6.07, 6.45) is 1.06. The molecule has 2 aromatic heterocycles. The highest BCUT2D eigenvalue weighted by atomic mass is 35.5. The molecule has 0 bridgehead atoms. The molecule has 6 heteroatoms. The van der Waals surface area contributed by atoms with Gasteiger partial charge < -0.3 is 5.32 Å². The Hall–Kier alpha value is 0.230. The molecule has 2 heterocycles. The molecular formula is C13H14Cl3NS2. The Morgan fingerprint density at radius 3 is 2.37 bits per heavy atom. The third-order valence-electron chi connectivity index (χ3n) is 2.75. The molecule has 0 aliphatic rings. The molecule has 0 aliphatic carbocycles. The third-order valence-corrected chi connectivity index (χ3v) is 5.89. The zero-order valence-electron chi connectivity index (χ0n) is 10.6. The molecule has 1 nitrogen and oxygen atoms in total. The Labute approximate surface area is 136 Å². The van der Waals surface area contributed by atoms with Crippen molar-refractivity contribution >= 4 is 57.5 Å². The maximum Gasteiger partial charge on any atom is 0.0995 e. The van der Waals surface area contributed by atoms with Crippen molar-refractivity contribution in [3.05, 3.63) is 41.1 Å². The molecule has 0 spiro atoms. The van der Waals surface area contributed by atoms with Gasteiger partial charge in [0.05, 0.1) is 19.1 Å². The topological polar surface area (TPSA) is 12.0 Å². The van der Waals surface area contributed by atoms with Crippen molar-refractivity contribution < 1.29 is 0 Å². The molecule has 0 amide bonds. The third kappa shape index (κ3) is 3.66. The number of halogens is 3. The van der Waals surface area contributed by atoms with Crippen molar-refractivity contribution in [3.63, 3.8) is 0 Å². The van der Waals surface area contributed by atoms with Crippen LogP contribution in [-0.2, 0) is 0 Å². The number of hydrogen-bond acceptors (Lipinski definition) is 3. The van der Waals surface area contributed by atoms with Crippen LogP contribution in [0.15, 0.2) is 12.1 Å². The van der Waals surface area contributed by atoms with Crippen LogP contribution < -0.4 is 5.32 Å². The van der Waals surface area contributed by atoms with E-state index in [-0.39, 0.29) is 6.04 Å². The Kier molecular flexibility index (Phi) is 5.58. The van der Waals surface area contributed by atoms with Gasteiger partial charge in [-0.2, -0.15) is 0 Å². The SMILES string of the molecule is CCCNC(c1cc(C)c(Cl)s1)c1cc(Cl)sc1Cl. The Bertz CT molecular complexity index is 543. The van der Waals surface area contributed by atoms with E-state index in [0.29, 0.717) is 4.34 Å². The summed E-state index contributed by atoms with van der Waals surface area (Å²) in [6, 6.07) is 4.11. The first-order chi connectivity index (χ1) is 9.02. The van der Waals surface area contributed by atoms with Crippen LogP contribution in [0.5, 0.6) is 0 Å². The largest absolute Gasteiger partial charge is 0.306 e. The minimum absolute atomic E-state index is 0.0624. The smallest absolute Gasteiger partial charge is 0.0995 e. The second-order valence-corrected chi connectivity index (χ2v) is 8.24. The van der Waals surface area contributed by atoms with Crippen LogP contribution in [0.4, 0.5) is 0 Å². The molecular weight excluding hydrogens is 341 g/mol. The zero-order valence-corrected chi connectivity index (χ0v) is 14.5. The van der Waals surface area contributed by atoms with Gasteiger partial charge in [0.1, 0.15) is 0 Å². The summed E-state index contributed by atoms with van der Waals surface area (Å²) in [5.41, 5.74) is 2.13. The van der Waals surface area contributed by atoms with Crippen LogP contribution in [0.1, 0.15) is 35.4 Å². The van der Waals surface area contributed by atoms with Crippen LogP contribution in [0.25, 0.3) is 0 Å². The summed E-state index contributed by atoms with van der Waals surface area (Å²) in [4.78, 5) is 1.17. The normalized spacial score (nSPS) is 12.9. The number of aryl methyl sites for hydroxylation is 1. The van der Waals surface area contributed by atoms with Gasteiger partial charge in [-0.15, -0.1) is 22.7 Å². The lowest BCUT2D eigenvalue weighted by atomic mass is 10.1. The number of nitrogens with one attached hydrogen (secondary N) is 1. The maximum atomic E-state index is 6.28. The van der Waals surface area contributed by atoms with Gasteiger partial charge in [-0.05, 0) is 37.6 Å². The molecule has 2 rings (SSSR count). The second kappa shape index (κ2) is 6.79. The van der Waals surface area contributed by atoms with Gasteiger partial charge in [0.15, 0.2) is 0 Å². The van der Waals surface area contributed by atoms with Gasteiger partial charge in [-0.3, -0.25) is 0 Å². The highest BCUT2D eigenvalue weighted by Crippen LogP contribution is 2.40. The van der Waals surface area contributed by atoms with E-state index < -0.39 is 0 Å². The number of hydrogen-bond donors (Lipinski definition) is 1.